The normalized spacial score (nSPS) is 15.9. The number of ether oxygens (including phenoxy) is 2. The van der Waals surface area contributed by atoms with Crippen LogP contribution in [0.3, 0.4) is 0 Å². The fourth-order valence-corrected chi connectivity index (χ4v) is 5.08. The first-order chi connectivity index (χ1) is 16.6. The van der Waals surface area contributed by atoms with E-state index in [1.807, 2.05) is 59.2 Å². The average molecular weight is 478 g/mol. The Kier molecular flexibility index (Phi) is 6.35. The molecule has 0 bridgehead atoms. The second kappa shape index (κ2) is 9.72. The number of anilines is 1. The van der Waals surface area contributed by atoms with Gasteiger partial charge in [-0.3, -0.25) is 4.79 Å². The first kappa shape index (κ1) is 22.2. The Morgan fingerprint density at radius 1 is 1.09 bits per heavy atom. The number of benzene rings is 2. The van der Waals surface area contributed by atoms with Crippen LogP contribution in [-0.2, 0) is 11.3 Å². The van der Waals surface area contributed by atoms with Crippen LogP contribution in [0.1, 0.15) is 18.4 Å². The molecule has 0 unspecified atom stereocenters. The van der Waals surface area contributed by atoms with Gasteiger partial charge in [0, 0.05) is 25.2 Å². The molecular formula is C25H27N5O3S. The van der Waals surface area contributed by atoms with Gasteiger partial charge in [0.15, 0.2) is 0 Å². The number of nitrogens with one attached hydrogen (secondary N) is 1. The van der Waals surface area contributed by atoms with Crippen molar-refractivity contribution in [2.24, 2.45) is 5.92 Å². The monoisotopic (exact) mass is 477 g/mol. The number of methoxy groups -OCH3 is 2. The number of hydrogen-bond acceptors (Lipinski definition) is 7. The van der Waals surface area contributed by atoms with E-state index >= 15 is 0 Å². The molecule has 3 heterocycles. The highest BCUT2D eigenvalue weighted by Gasteiger charge is 2.28. The Morgan fingerprint density at radius 2 is 1.79 bits per heavy atom. The van der Waals surface area contributed by atoms with Gasteiger partial charge >= 0.3 is 0 Å². The highest BCUT2D eigenvalue weighted by atomic mass is 32.1. The number of piperidine rings is 1. The maximum atomic E-state index is 12.8. The summed E-state index contributed by atoms with van der Waals surface area (Å²) in [6.07, 6.45) is 3.79. The topological polar surface area (TPSA) is 81.0 Å². The largest absolute Gasteiger partial charge is 0.497 e. The van der Waals surface area contributed by atoms with Crippen LogP contribution in [0.4, 0.5) is 5.13 Å². The first-order valence-corrected chi connectivity index (χ1v) is 12.1. The van der Waals surface area contributed by atoms with E-state index < -0.39 is 0 Å². The molecule has 0 saturated carbocycles. The summed E-state index contributed by atoms with van der Waals surface area (Å²) in [5.74, 6) is 1.66. The number of carbonyl (C=O) groups excluding carboxylic acids is 1. The molecule has 9 heteroatoms. The zero-order valence-corrected chi connectivity index (χ0v) is 20.0. The number of carbonyl (C=O) groups is 1. The summed E-state index contributed by atoms with van der Waals surface area (Å²) in [5.41, 5.74) is 2.95. The molecule has 5 rings (SSSR count). The molecule has 0 aliphatic carbocycles. The lowest BCUT2D eigenvalue weighted by Gasteiger charge is -2.31. The molecule has 2 aromatic carbocycles. The predicted molar refractivity (Wildman–Crippen MR) is 133 cm³/mol. The Balaban J connectivity index is 1.22. The minimum absolute atomic E-state index is 0.0573. The maximum Gasteiger partial charge on any atom is 0.225 e. The van der Waals surface area contributed by atoms with E-state index in [9.17, 15) is 4.79 Å². The first-order valence-electron chi connectivity index (χ1n) is 11.3. The summed E-state index contributed by atoms with van der Waals surface area (Å²) < 4.78 is 12.2. The van der Waals surface area contributed by atoms with Gasteiger partial charge in [0.1, 0.15) is 11.5 Å². The summed E-state index contributed by atoms with van der Waals surface area (Å²) >= 11 is 1.55. The van der Waals surface area contributed by atoms with E-state index in [1.54, 1.807) is 25.6 Å². The summed E-state index contributed by atoms with van der Waals surface area (Å²) in [6, 6.07) is 15.6. The summed E-state index contributed by atoms with van der Waals surface area (Å²) in [4.78, 5) is 20.6. The second-order valence-electron chi connectivity index (χ2n) is 8.32. The maximum absolute atomic E-state index is 12.8. The van der Waals surface area contributed by atoms with Gasteiger partial charge in [0.25, 0.3) is 0 Å². The van der Waals surface area contributed by atoms with Gasteiger partial charge in [0.05, 0.1) is 32.0 Å². The number of fused-ring (bicyclic) bond motifs is 1. The van der Waals surface area contributed by atoms with Crippen LogP contribution < -0.4 is 19.7 Å². The molecule has 1 saturated heterocycles. The third-order valence-corrected chi connectivity index (χ3v) is 7.09. The number of imidazole rings is 1. The van der Waals surface area contributed by atoms with E-state index in [0.29, 0.717) is 13.1 Å². The standard InChI is InChI=1S/C25H27N5O3S/c1-32-20-9-5-17(6-10-20)14-26-23(31)19-4-3-13-29(15-19)25-28-30-16-22(27-24(30)34-25)18-7-11-21(33-2)12-8-18/h5-12,16,19H,3-4,13-15H2,1-2H3,(H,26,31)/t19-/m0/s1. The van der Waals surface area contributed by atoms with Gasteiger partial charge in [-0.2, -0.15) is 0 Å². The van der Waals surface area contributed by atoms with Crippen molar-refractivity contribution in [1.29, 1.82) is 0 Å². The van der Waals surface area contributed by atoms with Gasteiger partial charge in [-0.15, -0.1) is 5.10 Å². The lowest BCUT2D eigenvalue weighted by Crippen LogP contribution is -2.43. The third kappa shape index (κ3) is 4.70. The molecule has 1 aliphatic rings. The fraction of sp³-hybridized carbons (Fsp3) is 0.320. The molecule has 0 radical (unpaired) electrons. The van der Waals surface area contributed by atoms with Crippen LogP contribution in [-0.4, -0.2) is 47.8 Å². The molecule has 1 N–H and O–H groups in total. The summed E-state index contributed by atoms with van der Waals surface area (Å²) in [5, 5.41) is 8.73. The SMILES string of the molecule is COc1ccc(CNC(=O)[C@H]2CCCN(c3nn4cc(-c5ccc(OC)cc5)nc4s3)C2)cc1. The zero-order valence-electron chi connectivity index (χ0n) is 19.2. The number of nitrogens with zero attached hydrogens (tertiary/aromatic N) is 4. The molecule has 1 amide bonds. The molecular weight excluding hydrogens is 450 g/mol. The van der Waals surface area contributed by atoms with Crippen LogP contribution in [0, 0.1) is 5.92 Å². The summed E-state index contributed by atoms with van der Waals surface area (Å²) in [7, 11) is 3.30. The number of aromatic nitrogens is 3. The molecule has 176 valence electrons. The Bertz CT molecular complexity index is 1230. The Morgan fingerprint density at radius 3 is 2.47 bits per heavy atom. The van der Waals surface area contributed by atoms with Gasteiger partial charge in [0.2, 0.25) is 16.0 Å². The van der Waals surface area contributed by atoms with Crippen molar-refractivity contribution in [1.82, 2.24) is 19.9 Å². The number of rotatable bonds is 7. The van der Waals surface area contributed by atoms with E-state index in [4.69, 9.17) is 19.6 Å². The van der Waals surface area contributed by atoms with Crippen molar-refractivity contribution in [3.63, 3.8) is 0 Å². The average Bonchev–Trinajstić information content (AvgIpc) is 3.47. The van der Waals surface area contributed by atoms with Gasteiger partial charge in [-0.1, -0.05) is 23.5 Å². The minimum atomic E-state index is -0.0573. The van der Waals surface area contributed by atoms with Crippen molar-refractivity contribution in [2.45, 2.75) is 19.4 Å². The van der Waals surface area contributed by atoms with Crippen LogP contribution in [0.5, 0.6) is 11.5 Å². The second-order valence-corrected chi connectivity index (χ2v) is 9.25. The van der Waals surface area contributed by atoms with Crippen LogP contribution in [0.25, 0.3) is 16.2 Å². The smallest absolute Gasteiger partial charge is 0.225 e. The Labute approximate surface area is 202 Å². The van der Waals surface area contributed by atoms with Crippen LogP contribution >= 0.6 is 11.3 Å². The van der Waals surface area contributed by atoms with Crippen molar-refractivity contribution in [3.8, 4) is 22.8 Å². The van der Waals surface area contributed by atoms with Crippen molar-refractivity contribution in [2.75, 3.05) is 32.2 Å². The lowest BCUT2D eigenvalue weighted by atomic mass is 9.97. The van der Waals surface area contributed by atoms with Crippen molar-refractivity contribution in [3.05, 3.63) is 60.3 Å². The van der Waals surface area contributed by atoms with Crippen molar-refractivity contribution < 1.29 is 14.3 Å². The van der Waals surface area contributed by atoms with Gasteiger partial charge in [-0.05, 0) is 54.8 Å². The van der Waals surface area contributed by atoms with Gasteiger partial charge in [-0.25, -0.2) is 9.50 Å². The molecule has 0 spiro atoms. The number of hydrogen-bond donors (Lipinski definition) is 1. The minimum Gasteiger partial charge on any atom is -0.497 e. The quantitative estimate of drug-likeness (QED) is 0.433. The molecule has 8 nitrogen and oxygen atoms in total. The Hall–Kier alpha value is -3.59. The predicted octanol–water partition coefficient (Wildman–Crippen LogP) is 4.01. The molecule has 4 aromatic rings. The fourth-order valence-electron chi connectivity index (χ4n) is 4.16. The molecule has 1 fully saturated rings. The molecule has 1 atom stereocenters. The molecule has 1 aliphatic heterocycles. The lowest BCUT2D eigenvalue weighted by molar-refractivity contribution is -0.125. The van der Waals surface area contributed by atoms with E-state index in [-0.39, 0.29) is 11.8 Å². The van der Waals surface area contributed by atoms with Gasteiger partial charge < -0.3 is 19.7 Å². The van der Waals surface area contributed by atoms with Crippen LogP contribution in [0.2, 0.25) is 0 Å². The van der Waals surface area contributed by atoms with Crippen molar-refractivity contribution >= 4 is 27.3 Å². The molecule has 2 aromatic heterocycles. The third-order valence-electron chi connectivity index (χ3n) is 6.11. The van der Waals surface area contributed by atoms with Crippen LogP contribution in [0.15, 0.2) is 54.7 Å². The number of amides is 1. The summed E-state index contributed by atoms with van der Waals surface area (Å²) in [6.45, 7) is 2.07. The zero-order chi connectivity index (χ0) is 23.5. The molecule has 34 heavy (non-hydrogen) atoms. The highest BCUT2D eigenvalue weighted by Crippen LogP contribution is 2.30. The van der Waals surface area contributed by atoms with E-state index in [1.165, 1.54) is 0 Å². The van der Waals surface area contributed by atoms with E-state index in [0.717, 1.165) is 57.8 Å². The van der Waals surface area contributed by atoms with E-state index in [2.05, 4.69) is 10.2 Å². The highest BCUT2D eigenvalue weighted by molar-refractivity contribution is 7.20.